The molecule has 32 heavy (non-hydrogen) atoms. The van der Waals surface area contributed by atoms with Gasteiger partial charge in [-0.2, -0.15) is 0 Å². The maximum atomic E-state index is 13.7. The third-order valence-corrected chi connectivity index (χ3v) is 7.73. The summed E-state index contributed by atoms with van der Waals surface area (Å²) in [6.07, 6.45) is 3.45. The minimum absolute atomic E-state index is 0.0380. The van der Waals surface area contributed by atoms with Crippen molar-refractivity contribution >= 4 is 17.9 Å². The Balaban J connectivity index is 1.70. The van der Waals surface area contributed by atoms with Crippen LogP contribution in [0.15, 0.2) is 24.3 Å². The van der Waals surface area contributed by atoms with Gasteiger partial charge >= 0.3 is 17.9 Å². The van der Waals surface area contributed by atoms with Crippen molar-refractivity contribution in [2.24, 2.45) is 17.3 Å². The fourth-order valence-corrected chi connectivity index (χ4v) is 6.74. The number of carbonyl (C=O) groups excluding carboxylic acids is 2. The van der Waals surface area contributed by atoms with Crippen LogP contribution in [0.25, 0.3) is 0 Å². The summed E-state index contributed by atoms with van der Waals surface area (Å²) in [6, 6.07) is 0. The van der Waals surface area contributed by atoms with E-state index >= 15 is 0 Å². The predicted octanol–water partition coefficient (Wildman–Crippen LogP) is 2.89. The first kappa shape index (κ1) is 23.0. The summed E-state index contributed by atoms with van der Waals surface area (Å²) in [4.78, 5) is 37.7. The lowest BCUT2D eigenvalue weighted by Gasteiger charge is -2.66. The SMILES string of the molecule is C=C(C)C(=O)OC12CC3CC(O)(C1)C(CC(=C)C(=O)O)C(C(=O)OC1CCCCO1)(C3)C2. The highest BCUT2D eigenvalue weighted by molar-refractivity contribution is 5.88. The first-order chi connectivity index (χ1) is 15.0. The van der Waals surface area contributed by atoms with Gasteiger partial charge in [0.25, 0.3) is 0 Å². The molecule has 5 fully saturated rings. The van der Waals surface area contributed by atoms with Gasteiger partial charge in [0.05, 0.1) is 17.6 Å². The van der Waals surface area contributed by atoms with Crippen molar-refractivity contribution in [1.29, 1.82) is 0 Å². The van der Waals surface area contributed by atoms with Crippen molar-refractivity contribution in [2.75, 3.05) is 6.61 Å². The van der Waals surface area contributed by atoms with Crippen LogP contribution < -0.4 is 0 Å². The van der Waals surface area contributed by atoms with E-state index in [1.165, 1.54) is 0 Å². The van der Waals surface area contributed by atoms with Crippen LogP contribution in [0.4, 0.5) is 0 Å². The Kier molecular flexibility index (Phi) is 5.74. The highest BCUT2D eigenvalue weighted by Crippen LogP contribution is 2.68. The molecule has 6 unspecified atom stereocenters. The van der Waals surface area contributed by atoms with E-state index in [1.807, 2.05) is 0 Å². The highest BCUT2D eigenvalue weighted by Gasteiger charge is 2.72. The monoisotopic (exact) mass is 448 g/mol. The van der Waals surface area contributed by atoms with Gasteiger partial charge in [0, 0.05) is 36.3 Å². The first-order valence-corrected chi connectivity index (χ1v) is 11.3. The van der Waals surface area contributed by atoms with Gasteiger partial charge in [0.15, 0.2) is 0 Å². The van der Waals surface area contributed by atoms with Crippen LogP contribution in [-0.2, 0) is 28.6 Å². The molecule has 2 N–H and O–H groups in total. The molecule has 0 amide bonds. The van der Waals surface area contributed by atoms with Crippen LogP contribution in [0, 0.1) is 17.3 Å². The Labute approximate surface area is 187 Å². The van der Waals surface area contributed by atoms with Crippen molar-refractivity contribution in [2.45, 2.75) is 82.2 Å². The molecule has 0 radical (unpaired) electrons. The molecule has 4 saturated carbocycles. The number of hydrogen-bond acceptors (Lipinski definition) is 7. The third-order valence-electron chi connectivity index (χ3n) is 7.73. The van der Waals surface area contributed by atoms with E-state index in [-0.39, 0.29) is 36.3 Å². The number of carboxylic acids is 1. The Morgan fingerprint density at radius 3 is 2.50 bits per heavy atom. The zero-order valence-corrected chi connectivity index (χ0v) is 18.6. The molecule has 4 bridgehead atoms. The van der Waals surface area contributed by atoms with E-state index in [2.05, 4.69) is 13.2 Å². The quantitative estimate of drug-likeness (QED) is 0.451. The molecule has 8 nitrogen and oxygen atoms in total. The fraction of sp³-hybridized carbons (Fsp3) is 0.708. The molecular formula is C24H32O8. The van der Waals surface area contributed by atoms with Crippen molar-refractivity contribution in [1.82, 2.24) is 0 Å². The second-order valence-electron chi connectivity index (χ2n) is 10.3. The first-order valence-electron chi connectivity index (χ1n) is 11.3. The molecule has 4 aliphatic carbocycles. The number of rotatable bonds is 7. The predicted molar refractivity (Wildman–Crippen MR) is 112 cm³/mol. The normalized spacial score (nSPS) is 39.9. The zero-order chi connectivity index (χ0) is 23.3. The Hall–Kier alpha value is -2.19. The number of carbonyl (C=O) groups is 3. The average molecular weight is 449 g/mol. The molecule has 6 atom stereocenters. The standard InChI is InChI=1S/C24H32O8/c1-14(2)20(27)32-22-9-16-10-23(12-22,21(28)31-18-6-4-5-7-30-18)17(8-15(3)19(25)26)24(29,11-16)13-22/h16-18,29H,1,3-13H2,2H3,(H,25,26). The number of aliphatic hydroxyl groups is 1. The van der Waals surface area contributed by atoms with Gasteiger partial charge in [-0.15, -0.1) is 0 Å². The lowest BCUT2D eigenvalue weighted by Crippen LogP contribution is -2.71. The van der Waals surface area contributed by atoms with Crippen molar-refractivity contribution in [3.05, 3.63) is 24.3 Å². The Morgan fingerprint density at radius 1 is 1.12 bits per heavy atom. The van der Waals surface area contributed by atoms with E-state index in [1.54, 1.807) is 6.92 Å². The second kappa shape index (κ2) is 7.99. The number of carboxylic acid groups (broad SMARTS) is 1. The van der Waals surface area contributed by atoms with Gasteiger partial charge in [-0.1, -0.05) is 13.2 Å². The smallest absolute Gasteiger partial charge is 0.333 e. The van der Waals surface area contributed by atoms with Crippen molar-refractivity contribution in [3.63, 3.8) is 0 Å². The molecule has 0 aromatic heterocycles. The third kappa shape index (κ3) is 3.88. The lowest BCUT2D eigenvalue weighted by molar-refractivity contribution is -0.279. The van der Waals surface area contributed by atoms with E-state index < -0.39 is 46.7 Å². The molecule has 5 rings (SSSR count). The van der Waals surface area contributed by atoms with Crippen molar-refractivity contribution < 1.29 is 38.8 Å². The fourth-order valence-electron chi connectivity index (χ4n) is 6.74. The topological polar surface area (TPSA) is 119 Å². The number of aliphatic carboxylic acids is 1. The van der Waals surface area contributed by atoms with Crippen LogP contribution in [0.5, 0.6) is 0 Å². The van der Waals surface area contributed by atoms with Gasteiger partial charge < -0.3 is 24.4 Å². The maximum absolute atomic E-state index is 13.7. The van der Waals surface area contributed by atoms with Crippen molar-refractivity contribution in [3.8, 4) is 0 Å². The summed E-state index contributed by atoms with van der Waals surface area (Å²) >= 11 is 0. The summed E-state index contributed by atoms with van der Waals surface area (Å²) < 4.78 is 17.2. The summed E-state index contributed by atoms with van der Waals surface area (Å²) in [5.74, 6) is -2.96. The second-order valence-corrected chi connectivity index (χ2v) is 10.3. The van der Waals surface area contributed by atoms with Gasteiger partial charge in [-0.3, -0.25) is 4.79 Å². The van der Waals surface area contributed by atoms with Crippen LogP contribution in [0.1, 0.15) is 64.7 Å². The van der Waals surface area contributed by atoms with E-state index in [4.69, 9.17) is 14.2 Å². The molecule has 176 valence electrons. The highest BCUT2D eigenvalue weighted by atomic mass is 16.7. The van der Waals surface area contributed by atoms with Crippen LogP contribution in [0.2, 0.25) is 0 Å². The zero-order valence-electron chi connectivity index (χ0n) is 18.6. The lowest BCUT2D eigenvalue weighted by atomic mass is 9.41. The minimum atomic E-state index is -1.36. The molecule has 0 spiro atoms. The van der Waals surface area contributed by atoms with E-state index in [0.29, 0.717) is 32.3 Å². The van der Waals surface area contributed by atoms with Gasteiger partial charge in [-0.25, -0.2) is 9.59 Å². The molecule has 8 heteroatoms. The molecular weight excluding hydrogens is 416 g/mol. The van der Waals surface area contributed by atoms with Gasteiger partial charge in [0.2, 0.25) is 6.29 Å². The Morgan fingerprint density at radius 2 is 1.88 bits per heavy atom. The molecule has 0 aromatic rings. The summed E-state index contributed by atoms with van der Waals surface area (Å²) in [5, 5.41) is 21.2. The molecule has 5 aliphatic rings. The summed E-state index contributed by atoms with van der Waals surface area (Å²) in [6.45, 7) is 9.37. The van der Waals surface area contributed by atoms with Gasteiger partial charge in [-0.05, 0) is 51.4 Å². The van der Waals surface area contributed by atoms with Gasteiger partial charge in [0.1, 0.15) is 5.60 Å². The average Bonchev–Trinajstić information content (AvgIpc) is 2.70. The maximum Gasteiger partial charge on any atom is 0.333 e. The number of esters is 2. The molecule has 1 aliphatic heterocycles. The van der Waals surface area contributed by atoms with Crippen LogP contribution in [-0.4, -0.2) is 52.2 Å². The number of ether oxygens (including phenoxy) is 3. The summed E-state index contributed by atoms with van der Waals surface area (Å²) in [7, 11) is 0. The molecule has 1 saturated heterocycles. The number of hydrogen-bond donors (Lipinski definition) is 2. The summed E-state index contributed by atoms with van der Waals surface area (Å²) in [5.41, 5.74) is -3.37. The van der Waals surface area contributed by atoms with E-state index in [9.17, 15) is 24.6 Å². The Bertz CT molecular complexity index is 858. The van der Waals surface area contributed by atoms with E-state index in [0.717, 1.165) is 12.8 Å². The van der Waals surface area contributed by atoms with Crippen LogP contribution >= 0.6 is 0 Å². The molecule has 0 aromatic carbocycles. The largest absolute Gasteiger partial charge is 0.478 e. The molecule has 1 heterocycles. The van der Waals surface area contributed by atoms with Crippen LogP contribution in [0.3, 0.4) is 0 Å². The minimum Gasteiger partial charge on any atom is -0.478 e.